The summed E-state index contributed by atoms with van der Waals surface area (Å²) in [5.41, 5.74) is -0.838. The number of ether oxygens (including phenoxy) is 1. The predicted molar refractivity (Wildman–Crippen MR) is 125 cm³/mol. The first kappa shape index (κ1) is 27.0. The van der Waals surface area contributed by atoms with Crippen molar-refractivity contribution in [3.8, 4) is 6.07 Å². The molecule has 0 N–H and O–H groups in total. The van der Waals surface area contributed by atoms with Gasteiger partial charge in [0.2, 0.25) is 17.6 Å². The molecule has 0 aliphatic carbocycles. The van der Waals surface area contributed by atoms with Crippen LogP contribution < -0.4 is 5.01 Å². The lowest BCUT2D eigenvalue weighted by Crippen LogP contribution is -2.53. The van der Waals surface area contributed by atoms with Crippen molar-refractivity contribution in [1.29, 1.82) is 5.26 Å². The Morgan fingerprint density at radius 3 is 2.38 bits per heavy atom. The van der Waals surface area contributed by atoms with Crippen LogP contribution in [0.3, 0.4) is 0 Å². The topological polar surface area (TPSA) is 123 Å². The molecular weight excluding hydrogens is 438 g/mol. The first-order valence-electron chi connectivity index (χ1n) is 11.5. The summed E-state index contributed by atoms with van der Waals surface area (Å²) in [7, 11) is 0. The summed E-state index contributed by atoms with van der Waals surface area (Å²) in [5, 5.41) is 11.5. The second kappa shape index (κ2) is 11.7. The van der Waals surface area contributed by atoms with Gasteiger partial charge in [0.1, 0.15) is 11.7 Å². The number of hydrogen-bond donors (Lipinski definition) is 0. The summed E-state index contributed by atoms with van der Waals surface area (Å²) < 4.78 is 5.78. The first-order valence-corrected chi connectivity index (χ1v) is 11.5. The van der Waals surface area contributed by atoms with E-state index in [0.717, 1.165) is 18.1 Å². The number of rotatable bonds is 8. The number of aromatic nitrogens is 2. The van der Waals surface area contributed by atoms with Gasteiger partial charge in [0, 0.05) is 65.4 Å². The second-order valence-electron chi connectivity index (χ2n) is 9.38. The Morgan fingerprint density at radius 2 is 1.85 bits per heavy atom. The zero-order valence-electron chi connectivity index (χ0n) is 20.9. The van der Waals surface area contributed by atoms with E-state index in [-0.39, 0.29) is 23.5 Å². The Balaban J connectivity index is 2.11. The van der Waals surface area contributed by atoms with Crippen molar-refractivity contribution >= 4 is 23.7 Å². The van der Waals surface area contributed by atoms with Crippen LogP contribution in [0.4, 0.5) is 10.6 Å². The Labute approximate surface area is 201 Å². The van der Waals surface area contributed by atoms with E-state index in [2.05, 4.69) is 14.9 Å². The molecule has 1 fully saturated rings. The largest absolute Gasteiger partial charge is 0.442 e. The maximum Gasteiger partial charge on any atom is 0.436 e. The number of carbonyl (C=O) groups is 3. The number of piperazine rings is 1. The monoisotopic (exact) mass is 473 g/mol. The second-order valence-corrected chi connectivity index (χ2v) is 9.38. The minimum Gasteiger partial charge on any atom is -0.442 e. The number of nitrogens with zero attached hydrogens (tertiary/aromatic N) is 7. The highest BCUT2D eigenvalue weighted by molar-refractivity contribution is 5.92. The van der Waals surface area contributed by atoms with Gasteiger partial charge < -0.3 is 9.64 Å². The summed E-state index contributed by atoms with van der Waals surface area (Å²) >= 11 is 0. The Kier molecular flexibility index (Phi) is 9.32. The van der Waals surface area contributed by atoms with Gasteiger partial charge in [-0.05, 0) is 26.2 Å². The number of hydrazine groups is 1. The van der Waals surface area contributed by atoms with Crippen molar-refractivity contribution in [2.24, 2.45) is 5.92 Å². The van der Waals surface area contributed by atoms with Crippen molar-refractivity contribution in [3.05, 3.63) is 18.1 Å². The lowest BCUT2D eigenvalue weighted by Gasteiger charge is -2.38. The van der Waals surface area contributed by atoms with Gasteiger partial charge in [0.25, 0.3) is 0 Å². The van der Waals surface area contributed by atoms with E-state index >= 15 is 0 Å². The standard InChI is InChI=1S/C23H35N7O4/c1-17(2)16-29(21-7-9-25-20(15-24)26-21)30(19(4)32)22(33)34-23(5,6)8-10-27-11-13-28(14-12-27)18(3)31/h7,9,17H,8,10-14,16H2,1-6H3. The zero-order chi connectivity index (χ0) is 25.5. The van der Waals surface area contributed by atoms with E-state index in [9.17, 15) is 14.4 Å². The van der Waals surface area contributed by atoms with Crippen molar-refractivity contribution < 1.29 is 19.1 Å². The number of nitriles is 1. The van der Waals surface area contributed by atoms with Crippen molar-refractivity contribution in [3.63, 3.8) is 0 Å². The molecule has 34 heavy (non-hydrogen) atoms. The molecule has 2 heterocycles. The number of imide groups is 1. The van der Waals surface area contributed by atoms with E-state index in [1.165, 1.54) is 24.2 Å². The maximum atomic E-state index is 13.2. The molecule has 0 saturated carbocycles. The molecule has 0 aromatic carbocycles. The van der Waals surface area contributed by atoms with Gasteiger partial charge in [0.15, 0.2) is 5.82 Å². The van der Waals surface area contributed by atoms with Gasteiger partial charge in [-0.25, -0.2) is 9.78 Å². The highest BCUT2D eigenvalue weighted by atomic mass is 16.6. The third kappa shape index (κ3) is 7.66. The molecule has 0 atom stereocenters. The molecule has 0 radical (unpaired) electrons. The van der Waals surface area contributed by atoms with E-state index < -0.39 is 17.6 Å². The molecule has 186 valence electrons. The fraction of sp³-hybridized carbons (Fsp3) is 0.652. The smallest absolute Gasteiger partial charge is 0.436 e. The molecule has 1 aliphatic rings. The van der Waals surface area contributed by atoms with Crippen molar-refractivity contribution in [1.82, 2.24) is 24.8 Å². The van der Waals surface area contributed by atoms with Crippen LogP contribution in [0.2, 0.25) is 0 Å². The molecule has 11 heteroatoms. The Morgan fingerprint density at radius 1 is 1.21 bits per heavy atom. The Bertz CT molecular complexity index is 920. The average Bonchev–Trinajstić information content (AvgIpc) is 2.76. The molecule has 1 aliphatic heterocycles. The first-order chi connectivity index (χ1) is 15.9. The fourth-order valence-corrected chi connectivity index (χ4v) is 3.61. The summed E-state index contributed by atoms with van der Waals surface area (Å²) in [4.78, 5) is 49.3. The minimum atomic E-state index is -0.838. The summed E-state index contributed by atoms with van der Waals surface area (Å²) in [6, 6.07) is 3.41. The SMILES string of the molecule is CC(=O)N1CCN(CCC(C)(C)OC(=O)N(C(C)=O)N(CC(C)C)c2ccnc(C#N)n2)CC1. The quantitative estimate of drug-likeness (QED) is 0.522. The lowest BCUT2D eigenvalue weighted by atomic mass is 10.0. The summed E-state index contributed by atoms with van der Waals surface area (Å²) in [6.45, 7) is 14.2. The van der Waals surface area contributed by atoms with Crippen LogP contribution in [0.1, 0.15) is 53.8 Å². The molecule has 0 spiro atoms. The number of hydrogen-bond acceptors (Lipinski definition) is 9. The van der Waals surface area contributed by atoms with Gasteiger partial charge in [-0.1, -0.05) is 13.8 Å². The number of carbonyl (C=O) groups excluding carboxylic acids is 3. The van der Waals surface area contributed by atoms with Gasteiger partial charge in [-0.3, -0.25) is 19.5 Å². The molecular formula is C23H35N7O4. The van der Waals surface area contributed by atoms with Gasteiger partial charge in [-0.15, -0.1) is 0 Å². The highest BCUT2D eigenvalue weighted by Crippen LogP contribution is 2.22. The zero-order valence-corrected chi connectivity index (χ0v) is 20.9. The van der Waals surface area contributed by atoms with E-state index in [4.69, 9.17) is 10.00 Å². The predicted octanol–water partition coefficient (Wildman–Crippen LogP) is 2.04. The van der Waals surface area contributed by atoms with Crippen LogP contribution in [-0.2, 0) is 14.3 Å². The van der Waals surface area contributed by atoms with E-state index in [1.807, 2.05) is 24.8 Å². The third-order valence-electron chi connectivity index (χ3n) is 5.47. The van der Waals surface area contributed by atoms with Gasteiger partial charge in [-0.2, -0.15) is 15.3 Å². The molecule has 0 bridgehead atoms. The lowest BCUT2D eigenvalue weighted by molar-refractivity contribution is -0.131. The molecule has 0 unspecified atom stereocenters. The highest BCUT2D eigenvalue weighted by Gasteiger charge is 2.34. The van der Waals surface area contributed by atoms with Crippen LogP contribution in [-0.4, -0.2) is 87.6 Å². The van der Waals surface area contributed by atoms with Crippen LogP contribution in [0.15, 0.2) is 12.3 Å². The van der Waals surface area contributed by atoms with Gasteiger partial charge >= 0.3 is 6.09 Å². The van der Waals surface area contributed by atoms with Crippen molar-refractivity contribution in [2.75, 3.05) is 44.3 Å². The number of amides is 3. The normalized spacial score (nSPS) is 14.5. The number of anilines is 1. The Hall–Kier alpha value is -3.26. The van der Waals surface area contributed by atoms with Gasteiger partial charge in [0.05, 0.1) is 0 Å². The van der Waals surface area contributed by atoms with E-state index in [1.54, 1.807) is 20.8 Å². The summed E-state index contributed by atoms with van der Waals surface area (Å²) in [6.07, 6.45) is 1.16. The fourth-order valence-electron chi connectivity index (χ4n) is 3.61. The van der Waals surface area contributed by atoms with Crippen LogP contribution in [0, 0.1) is 17.2 Å². The van der Waals surface area contributed by atoms with E-state index in [0.29, 0.717) is 32.6 Å². The third-order valence-corrected chi connectivity index (χ3v) is 5.47. The molecule has 2 rings (SSSR count). The molecule has 3 amide bonds. The summed E-state index contributed by atoms with van der Waals surface area (Å²) in [5.74, 6) is -0.174. The average molecular weight is 474 g/mol. The molecule has 1 saturated heterocycles. The molecule has 11 nitrogen and oxygen atoms in total. The maximum absolute atomic E-state index is 13.2. The van der Waals surface area contributed by atoms with Crippen molar-refractivity contribution in [2.45, 2.75) is 53.6 Å². The van der Waals surface area contributed by atoms with Crippen LogP contribution >= 0.6 is 0 Å². The van der Waals surface area contributed by atoms with Crippen LogP contribution in [0.25, 0.3) is 0 Å². The van der Waals surface area contributed by atoms with Crippen LogP contribution in [0.5, 0.6) is 0 Å². The molecule has 1 aromatic rings. The minimum absolute atomic E-state index is 0.0617. The molecule has 1 aromatic heterocycles.